The number of fused-ring (bicyclic) bond motifs is 1. The second-order valence-electron chi connectivity index (χ2n) is 4.94. The van der Waals surface area contributed by atoms with E-state index in [1.165, 1.54) is 0 Å². The van der Waals surface area contributed by atoms with Gasteiger partial charge in [-0.1, -0.05) is 0 Å². The van der Waals surface area contributed by atoms with Crippen LogP contribution in [0.5, 0.6) is 0 Å². The number of aromatic nitrogens is 1. The number of benzene rings is 1. The van der Waals surface area contributed by atoms with E-state index in [1.807, 2.05) is 36.2 Å². The minimum Gasteiger partial charge on any atom is -0.398 e. The first-order chi connectivity index (χ1) is 8.53. The molecule has 3 nitrogen and oxygen atoms in total. The van der Waals surface area contributed by atoms with Gasteiger partial charge in [-0.15, -0.1) is 0 Å². The van der Waals surface area contributed by atoms with Gasteiger partial charge in [0.25, 0.3) is 0 Å². The molecule has 1 aromatic heterocycles. The zero-order valence-corrected chi connectivity index (χ0v) is 11.8. The molecular formula is C14H19N3S. The maximum Gasteiger partial charge on any atom is 0.0437 e. The van der Waals surface area contributed by atoms with Crippen LogP contribution in [0.1, 0.15) is 13.8 Å². The number of anilines is 2. The summed E-state index contributed by atoms with van der Waals surface area (Å²) in [7, 11) is 0. The standard InChI is InChI=1S/C14H19N3S/c1-14(2,18-3)9-17-13-5-4-12(15)10-6-7-16-8-11(10)13/h4-8,17H,9,15H2,1-3H3. The van der Waals surface area contributed by atoms with Gasteiger partial charge in [-0.3, -0.25) is 4.98 Å². The fourth-order valence-corrected chi connectivity index (χ4v) is 1.96. The number of hydrogen-bond donors (Lipinski definition) is 2. The fraction of sp³-hybridized carbons (Fsp3) is 0.357. The van der Waals surface area contributed by atoms with Crippen LogP contribution >= 0.6 is 11.8 Å². The van der Waals surface area contributed by atoms with Crippen LogP contribution in [0.15, 0.2) is 30.6 Å². The van der Waals surface area contributed by atoms with Crippen molar-refractivity contribution in [2.45, 2.75) is 18.6 Å². The third kappa shape index (κ3) is 2.70. The van der Waals surface area contributed by atoms with Gasteiger partial charge in [0.15, 0.2) is 0 Å². The number of rotatable bonds is 4. The second-order valence-corrected chi connectivity index (χ2v) is 6.45. The Hall–Kier alpha value is -1.42. The first-order valence-electron chi connectivity index (χ1n) is 5.95. The molecule has 1 aromatic carbocycles. The van der Waals surface area contributed by atoms with Crippen molar-refractivity contribution in [1.29, 1.82) is 0 Å². The molecule has 0 aliphatic heterocycles. The molecule has 0 spiro atoms. The van der Waals surface area contributed by atoms with E-state index in [2.05, 4.69) is 30.4 Å². The number of pyridine rings is 1. The van der Waals surface area contributed by atoms with E-state index in [0.29, 0.717) is 0 Å². The van der Waals surface area contributed by atoms with Crippen LogP contribution in [0.2, 0.25) is 0 Å². The lowest BCUT2D eigenvalue weighted by atomic mass is 10.1. The topological polar surface area (TPSA) is 50.9 Å². The summed E-state index contributed by atoms with van der Waals surface area (Å²) in [6, 6.07) is 5.92. The molecule has 0 fully saturated rings. The molecular weight excluding hydrogens is 242 g/mol. The summed E-state index contributed by atoms with van der Waals surface area (Å²) in [6.45, 7) is 5.35. The predicted octanol–water partition coefficient (Wildman–Crippen LogP) is 3.37. The fourth-order valence-electron chi connectivity index (χ4n) is 1.75. The average molecular weight is 261 g/mol. The second kappa shape index (κ2) is 5.06. The first kappa shape index (κ1) is 13.0. The Balaban J connectivity index is 2.32. The molecule has 0 radical (unpaired) electrons. The van der Waals surface area contributed by atoms with Gasteiger partial charge in [-0.25, -0.2) is 0 Å². The van der Waals surface area contributed by atoms with E-state index in [0.717, 1.165) is 28.7 Å². The highest BCUT2D eigenvalue weighted by atomic mass is 32.2. The molecule has 4 heteroatoms. The Labute approximate surface area is 112 Å². The quantitative estimate of drug-likeness (QED) is 0.829. The van der Waals surface area contributed by atoms with Gasteiger partial charge < -0.3 is 11.1 Å². The highest BCUT2D eigenvalue weighted by molar-refractivity contribution is 7.99. The summed E-state index contributed by atoms with van der Waals surface area (Å²) in [4.78, 5) is 4.18. The molecule has 18 heavy (non-hydrogen) atoms. The van der Waals surface area contributed by atoms with E-state index in [4.69, 9.17) is 5.73 Å². The van der Waals surface area contributed by atoms with Gasteiger partial charge in [0.1, 0.15) is 0 Å². The summed E-state index contributed by atoms with van der Waals surface area (Å²) < 4.78 is 0.204. The van der Waals surface area contributed by atoms with Gasteiger partial charge in [-0.2, -0.15) is 11.8 Å². The lowest BCUT2D eigenvalue weighted by Gasteiger charge is -2.23. The van der Waals surface area contributed by atoms with Gasteiger partial charge in [-0.05, 0) is 38.3 Å². The third-order valence-electron chi connectivity index (χ3n) is 3.11. The van der Waals surface area contributed by atoms with E-state index in [1.54, 1.807) is 6.20 Å². The van der Waals surface area contributed by atoms with Crippen molar-refractivity contribution >= 4 is 33.9 Å². The molecule has 1 heterocycles. The van der Waals surface area contributed by atoms with Gasteiger partial charge >= 0.3 is 0 Å². The number of nitrogens with two attached hydrogens (primary N) is 1. The largest absolute Gasteiger partial charge is 0.398 e. The Morgan fingerprint density at radius 2 is 2.06 bits per heavy atom. The summed E-state index contributed by atoms with van der Waals surface area (Å²) in [5.74, 6) is 0. The maximum absolute atomic E-state index is 5.97. The van der Waals surface area contributed by atoms with Crippen LogP contribution in [-0.4, -0.2) is 22.5 Å². The number of hydrogen-bond acceptors (Lipinski definition) is 4. The SMILES string of the molecule is CSC(C)(C)CNc1ccc(N)c2ccncc12. The lowest BCUT2D eigenvalue weighted by molar-refractivity contribution is 0.753. The number of nitrogens with one attached hydrogen (secondary N) is 1. The van der Waals surface area contributed by atoms with Crippen molar-refractivity contribution in [1.82, 2.24) is 4.98 Å². The van der Waals surface area contributed by atoms with Crippen LogP contribution in [-0.2, 0) is 0 Å². The van der Waals surface area contributed by atoms with Gasteiger partial charge in [0, 0.05) is 45.8 Å². The van der Waals surface area contributed by atoms with E-state index in [9.17, 15) is 0 Å². The van der Waals surface area contributed by atoms with Gasteiger partial charge in [0.05, 0.1) is 0 Å². The third-order valence-corrected chi connectivity index (χ3v) is 4.36. The Morgan fingerprint density at radius 3 is 2.78 bits per heavy atom. The number of nitrogen functional groups attached to an aromatic ring is 1. The Morgan fingerprint density at radius 1 is 1.28 bits per heavy atom. The molecule has 0 aliphatic carbocycles. The van der Waals surface area contributed by atoms with Crippen molar-refractivity contribution in [2.75, 3.05) is 23.9 Å². The summed E-state index contributed by atoms with van der Waals surface area (Å²) >= 11 is 1.85. The Kier molecular flexibility index (Phi) is 3.66. The predicted molar refractivity (Wildman–Crippen MR) is 82.2 cm³/mol. The summed E-state index contributed by atoms with van der Waals surface area (Å²) in [5, 5.41) is 5.62. The van der Waals surface area contributed by atoms with Crippen molar-refractivity contribution in [3.63, 3.8) is 0 Å². The highest BCUT2D eigenvalue weighted by Gasteiger charge is 2.16. The van der Waals surface area contributed by atoms with Crippen molar-refractivity contribution in [3.8, 4) is 0 Å². The molecule has 96 valence electrons. The van der Waals surface area contributed by atoms with Crippen LogP contribution in [0.25, 0.3) is 10.8 Å². The summed E-state index contributed by atoms with van der Waals surface area (Å²) in [5.41, 5.74) is 7.86. The molecule has 0 atom stereocenters. The molecule has 0 saturated heterocycles. The van der Waals surface area contributed by atoms with Crippen molar-refractivity contribution in [3.05, 3.63) is 30.6 Å². The van der Waals surface area contributed by atoms with E-state index in [-0.39, 0.29) is 4.75 Å². The van der Waals surface area contributed by atoms with Crippen LogP contribution in [0.4, 0.5) is 11.4 Å². The molecule has 0 amide bonds. The lowest BCUT2D eigenvalue weighted by Crippen LogP contribution is -2.25. The van der Waals surface area contributed by atoms with Crippen molar-refractivity contribution in [2.24, 2.45) is 0 Å². The summed E-state index contributed by atoms with van der Waals surface area (Å²) in [6.07, 6.45) is 5.76. The molecule has 2 aromatic rings. The van der Waals surface area contributed by atoms with E-state index >= 15 is 0 Å². The van der Waals surface area contributed by atoms with Crippen LogP contribution in [0, 0.1) is 0 Å². The molecule has 2 rings (SSSR count). The first-order valence-corrected chi connectivity index (χ1v) is 7.17. The highest BCUT2D eigenvalue weighted by Crippen LogP contribution is 2.29. The van der Waals surface area contributed by atoms with Gasteiger partial charge in [0.2, 0.25) is 0 Å². The molecule has 0 unspecified atom stereocenters. The number of nitrogens with zero attached hydrogens (tertiary/aromatic N) is 1. The Bertz CT molecular complexity index is 552. The molecule has 0 bridgehead atoms. The normalized spacial score (nSPS) is 11.7. The minimum absolute atomic E-state index is 0.204. The molecule has 0 aliphatic rings. The smallest absolute Gasteiger partial charge is 0.0437 e. The molecule has 3 N–H and O–H groups in total. The maximum atomic E-state index is 5.97. The van der Waals surface area contributed by atoms with Crippen LogP contribution in [0.3, 0.4) is 0 Å². The monoisotopic (exact) mass is 261 g/mol. The van der Waals surface area contributed by atoms with E-state index < -0.39 is 0 Å². The van der Waals surface area contributed by atoms with Crippen molar-refractivity contribution < 1.29 is 0 Å². The molecule has 0 saturated carbocycles. The zero-order valence-electron chi connectivity index (χ0n) is 11.0. The zero-order chi connectivity index (χ0) is 13.2. The minimum atomic E-state index is 0.204. The number of thioether (sulfide) groups is 1. The average Bonchev–Trinajstić information content (AvgIpc) is 2.38. The van der Waals surface area contributed by atoms with Crippen LogP contribution < -0.4 is 11.1 Å².